The van der Waals surface area contributed by atoms with Crippen molar-refractivity contribution < 1.29 is 0 Å². The van der Waals surface area contributed by atoms with Gasteiger partial charge in [-0.05, 0) is 105 Å². The second-order valence-corrected chi connectivity index (χ2v) is 20.7. The number of benzene rings is 10. The number of hydrogen-bond acceptors (Lipinski definition) is 0. The zero-order valence-corrected chi connectivity index (χ0v) is 36.0. The van der Waals surface area contributed by atoms with Gasteiger partial charge in [-0.1, -0.05) is 176 Å². The SMILES string of the molecule is c1ccc(-c2ccc(-n3c4cccc5c4c4c3cccc4n5-c3ccc4c(c3)c3ccccc3n4-c3cccc([Si](c4ccccc4)(c4ccccc4)c4ccccc4)c3)cc2)cc1. The van der Waals surface area contributed by atoms with Crippen molar-refractivity contribution in [1.29, 1.82) is 0 Å². The van der Waals surface area contributed by atoms with Crippen molar-refractivity contribution in [3.05, 3.63) is 249 Å². The molecule has 0 saturated heterocycles. The van der Waals surface area contributed by atoms with Gasteiger partial charge in [0.25, 0.3) is 0 Å². The second kappa shape index (κ2) is 14.5. The smallest absolute Gasteiger partial charge is 0.179 e. The molecule has 0 aliphatic rings. The number of aromatic nitrogens is 3. The minimum absolute atomic E-state index is 1.16. The number of rotatable bonds is 8. The van der Waals surface area contributed by atoms with Crippen LogP contribution in [-0.4, -0.2) is 21.8 Å². The summed E-state index contributed by atoms with van der Waals surface area (Å²) in [4.78, 5) is 0. The first kappa shape index (κ1) is 36.5. The molecule has 0 N–H and O–H groups in total. The van der Waals surface area contributed by atoms with Gasteiger partial charge in [-0.15, -0.1) is 0 Å². The van der Waals surface area contributed by atoms with Crippen LogP contribution in [0.25, 0.3) is 82.8 Å². The van der Waals surface area contributed by atoms with E-state index in [1.165, 1.54) is 86.5 Å². The average molecular weight is 832 g/mol. The summed E-state index contributed by atoms with van der Waals surface area (Å²) in [6.07, 6.45) is 0. The molecule has 0 saturated carbocycles. The maximum Gasteiger partial charge on any atom is 0.179 e. The van der Waals surface area contributed by atoms with Gasteiger partial charge in [-0.2, -0.15) is 0 Å². The van der Waals surface area contributed by atoms with Crippen LogP contribution in [-0.2, 0) is 0 Å². The van der Waals surface area contributed by atoms with Crippen LogP contribution in [0.5, 0.6) is 0 Å². The Balaban J connectivity index is 0.987. The van der Waals surface area contributed by atoms with Crippen LogP contribution < -0.4 is 20.7 Å². The van der Waals surface area contributed by atoms with E-state index in [-0.39, 0.29) is 0 Å². The van der Waals surface area contributed by atoms with Crippen molar-refractivity contribution in [1.82, 2.24) is 13.7 Å². The molecule has 13 rings (SSSR count). The molecular formula is C60H41N3Si. The number of para-hydroxylation sites is 1. The van der Waals surface area contributed by atoms with E-state index in [2.05, 4.69) is 262 Å². The largest absolute Gasteiger partial charge is 0.309 e. The molecule has 0 radical (unpaired) electrons. The summed E-state index contributed by atoms with van der Waals surface area (Å²) in [6.45, 7) is 0. The zero-order chi connectivity index (χ0) is 42.2. The van der Waals surface area contributed by atoms with Gasteiger partial charge in [0.1, 0.15) is 0 Å². The van der Waals surface area contributed by atoms with Crippen molar-refractivity contribution in [3.8, 4) is 28.2 Å². The van der Waals surface area contributed by atoms with E-state index in [0.29, 0.717) is 0 Å². The molecule has 3 aromatic heterocycles. The van der Waals surface area contributed by atoms with Crippen molar-refractivity contribution in [2.45, 2.75) is 0 Å². The third kappa shape index (κ3) is 5.33. The predicted molar refractivity (Wildman–Crippen MR) is 272 cm³/mol. The van der Waals surface area contributed by atoms with Crippen LogP contribution in [0.2, 0.25) is 0 Å². The quantitative estimate of drug-likeness (QED) is 0.107. The molecule has 0 unspecified atom stereocenters. The Morgan fingerprint density at radius 2 is 0.625 bits per heavy atom. The summed E-state index contributed by atoms with van der Waals surface area (Å²) >= 11 is 0. The number of nitrogens with zero attached hydrogens (tertiary/aromatic N) is 3. The first-order chi connectivity index (χ1) is 31.8. The maximum absolute atomic E-state index is 2.74. The lowest BCUT2D eigenvalue weighted by Crippen LogP contribution is -2.74. The summed E-state index contributed by atoms with van der Waals surface area (Å²) in [7, 11) is -2.74. The van der Waals surface area contributed by atoms with Crippen LogP contribution in [0.15, 0.2) is 249 Å². The van der Waals surface area contributed by atoms with Gasteiger partial charge < -0.3 is 13.7 Å². The molecule has 0 aliphatic carbocycles. The minimum atomic E-state index is -2.74. The summed E-state index contributed by atoms with van der Waals surface area (Å²) in [6, 6.07) is 92.1. The van der Waals surface area contributed by atoms with E-state index in [1.54, 1.807) is 0 Å². The fourth-order valence-corrected chi connectivity index (χ4v) is 15.7. The van der Waals surface area contributed by atoms with E-state index in [1.807, 2.05) is 0 Å². The highest BCUT2D eigenvalue weighted by Gasteiger charge is 2.41. The Kier molecular flexibility index (Phi) is 8.23. The lowest BCUT2D eigenvalue weighted by atomic mass is 10.1. The number of hydrogen-bond donors (Lipinski definition) is 0. The van der Waals surface area contributed by atoms with E-state index in [9.17, 15) is 0 Å². The van der Waals surface area contributed by atoms with Gasteiger partial charge in [0.2, 0.25) is 0 Å². The van der Waals surface area contributed by atoms with Crippen molar-refractivity contribution in [3.63, 3.8) is 0 Å². The van der Waals surface area contributed by atoms with Crippen LogP contribution in [0.4, 0.5) is 0 Å². The molecule has 0 atom stereocenters. The van der Waals surface area contributed by atoms with E-state index in [0.717, 1.165) is 17.1 Å². The molecule has 0 amide bonds. The first-order valence-corrected chi connectivity index (χ1v) is 24.1. The fraction of sp³-hybridized carbons (Fsp3) is 0. The molecule has 0 fully saturated rings. The van der Waals surface area contributed by atoms with E-state index < -0.39 is 8.07 Å². The zero-order valence-electron chi connectivity index (χ0n) is 35.0. The third-order valence-corrected chi connectivity index (χ3v) is 18.3. The average Bonchev–Trinajstić information content (AvgIpc) is 4.02. The van der Waals surface area contributed by atoms with Crippen LogP contribution in [0, 0.1) is 0 Å². The molecule has 0 spiro atoms. The monoisotopic (exact) mass is 831 g/mol. The normalized spacial score (nSPS) is 12.1. The lowest BCUT2D eigenvalue weighted by Gasteiger charge is -2.34. The fourth-order valence-electron chi connectivity index (χ4n) is 10.9. The van der Waals surface area contributed by atoms with Crippen LogP contribution >= 0.6 is 0 Å². The molecule has 10 aromatic carbocycles. The van der Waals surface area contributed by atoms with E-state index in [4.69, 9.17) is 0 Å². The molecule has 0 aliphatic heterocycles. The highest BCUT2D eigenvalue weighted by atomic mass is 28.3. The Morgan fingerprint density at radius 3 is 1.20 bits per heavy atom. The van der Waals surface area contributed by atoms with Crippen LogP contribution in [0.1, 0.15) is 0 Å². The predicted octanol–water partition coefficient (Wildman–Crippen LogP) is 12.3. The molecule has 3 heterocycles. The summed E-state index contributed by atoms with van der Waals surface area (Å²) in [5, 5.41) is 10.5. The molecule has 13 aromatic rings. The van der Waals surface area contributed by atoms with Crippen molar-refractivity contribution in [2.24, 2.45) is 0 Å². The lowest BCUT2D eigenvalue weighted by molar-refractivity contribution is 1.15. The third-order valence-electron chi connectivity index (χ3n) is 13.6. The minimum Gasteiger partial charge on any atom is -0.309 e. The molecule has 0 bridgehead atoms. The Bertz CT molecular complexity index is 3650. The van der Waals surface area contributed by atoms with Gasteiger partial charge in [-0.3, -0.25) is 0 Å². The Labute approximate surface area is 372 Å². The molecule has 300 valence electrons. The maximum atomic E-state index is 2.48. The molecular weight excluding hydrogens is 791 g/mol. The van der Waals surface area contributed by atoms with Gasteiger partial charge in [0.05, 0.1) is 33.1 Å². The highest BCUT2D eigenvalue weighted by Crippen LogP contribution is 2.43. The van der Waals surface area contributed by atoms with Gasteiger partial charge in [0, 0.05) is 38.6 Å². The summed E-state index contributed by atoms with van der Waals surface area (Å²) < 4.78 is 7.38. The molecule has 3 nitrogen and oxygen atoms in total. The number of fused-ring (bicyclic) bond motifs is 3. The van der Waals surface area contributed by atoms with E-state index >= 15 is 0 Å². The standard InChI is InChI=1S/C60H41N3Si/c1-5-18-42(19-6-1)43-34-36-44(37-35-43)61-55-30-16-32-57-59(55)60-56(61)31-17-33-58(60)63(57)46-38-39-54-52(41-46)51-28-13-14-29-53(51)62(54)45-20-15-27-50(40-45)64(47-21-7-2-8-22-47,48-23-9-3-10-24-48)49-25-11-4-12-26-49/h1-41H. The topological polar surface area (TPSA) is 14.8 Å². The van der Waals surface area contributed by atoms with Crippen molar-refractivity contribution in [2.75, 3.05) is 0 Å². The Morgan fingerprint density at radius 1 is 0.234 bits per heavy atom. The molecule has 64 heavy (non-hydrogen) atoms. The molecule has 4 heteroatoms. The van der Waals surface area contributed by atoms with Gasteiger partial charge >= 0.3 is 0 Å². The second-order valence-electron chi connectivity index (χ2n) is 16.9. The first-order valence-electron chi connectivity index (χ1n) is 22.1. The van der Waals surface area contributed by atoms with Gasteiger partial charge in [-0.25, -0.2) is 0 Å². The van der Waals surface area contributed by atoms with Crippen molar-refractivity contribution >= 4 is 83.5 Å². The summed E-state index contributed by atoms with van der Waals surface area (Å²) in [5.74, 6) is 0. The summed E-state index contributed by atoms with van der Waals surface area (Å²) in [5.41, 5.74) is 13.2. The Hall–Kier alpha value is -8.18. The van der Waals surface area contributed by atoms with Crippen LogP contribution in [0.3, 0.4) is 0 Å². The highest BCUT2D eigenvalue weighted by molar-refractivity contribution is 7.19. The van der Waals surface area contributed by atoms with Gasteiger partial charge in [0.15, 0.2) is 8.07 Å².